The van der Waals surface area contributed by atoms with Gasteiger partial charge in [-0.15, -0.1) is 0 Å². The second-order valence-corrected chi connectivity index (χ2v) is 6.81. The van der Waals surface area contributed by atoms with E-state index in [1.807, 2.05) is 24.1 Å². The SMILES string of the molecule is CN(CC(=O)NCCOc1cccc(C(=N)N)c1)c1ccncc1.O=C(O)C(F)(F)F.O=C(O)C(F)(F)F. The van der Waals surface area contributed by atoms with Gasteiger partial charge in [-0.1, -0.05) is 12.1 Å². The number of ether oxygens (including phenoxy) is 1. The zero-order valence-electron chi connectivity index (χ0n) is 19.5. The molecular weight excluding hydrogens is 532 g/mol. The van der Waals surface area contributed by atoms with E-state index >= 15 is 0 Å². The van der Waals surface area contributed by atoms with Crippen LogP contribution >= 0.6 is 0 Å². The van der Waals surface area contributed by atoms with E-state index in [9.17, 15) is 31.1 Å². The van der Waals surface area contributed by atoms with Crippen LogP contribution in [0.5, 0.6) is 5.75 Å². The molecule has 2 rings (SSSR count). The molecule has 0 aliphatic rings. The highest BCUT2D eigenvalue weighted by atomic mass is 19.4. The first-order valence-electron chi connectivity index (χ1n) is 10.0. The van der Waals surface area contributed by atoms with Crippen LogP contribution in [0.15, 0.2) is 48.8 Å². The zero-order chi connectivity index (χ0) is 29.5. The smallest absolute Gasteiger partial charge is 0.490 e. The zero-order valence-corrected chi connectivity index (χ0v) is 19.5. The first-order chi connectivity index (χ1) is 17.4. The topological polar surface area (TPSA) is 179 Å². The van der Waals surface area contributed by atoms with Gasteiger partial charge in [0.15, 0.2) is 0 Å². The maximum atomic E-state index is 11.9. The number of anilines is 1. The maximum Gasteiger partial charge on any atom is 0.490 e. The molecular formula is C21H23F6N5O6. The molecule has 1 aromatic carbocycles. The number of amidine groups is 1. The lowest BCUT2D eigenvalue weighted by Gasteiger charge is -2.18. The number of rotatable bonds is 8. The number of nitrogens with one attached hydrogen (secondary N) is 2. The maximum absolute atomic E-state index is 11.9. The highest BCUT2D eigenvalue weighted by molar-refractivity contribution is 5.95. The van der Waals surface area contributed by atoms with Gasteiger partial charge in [0.2, 0.25) is 5.91 Å². The third kappa shape index (κ3) is 14.7. The molecule has 2 aromatic rings. The molecule has 0 radical (unpaired) electrons. The van der Waals surface area contributed by atoms with E-state index in [1.54, 1.807) is 36.7 Å². The van der Waals surface area contributed by atoms with Gasteiger partial charge in [0.25, 0.3) is 0 Å². The Balaban J connectivity index is 0.000000804. The summed E-state index contributed by atoms with van der Waals surface area (Å²) in [6.45, 7) is 0.989. The molecule has 1 heterocycles. The number of nitrogen functional groups attached to an aromatic ring is 1. The van der Waals surface area contributed by atoms with Crippen LogP contribution in [0.4, 0.5) is 32.0 Å². The molecule has 0 bridgehead atoms. The largest absolute Gasteiger partial charge is 0.492 e. The molecule has 17 heteroatoms. The van der Waals surface area contributed by atoms with Crippen molar-refractivity contribution in [2.75, 3.05) is 31.6 Å². The Kier molecular flexibility index (Phi) is 13.7. The lowest BCUT2D eigenvalue weighted by molar-refractivity contribution is -0.193. The standard InChI is InChI=1S/C17H21N5O2.2C2HF3O2/c1-22(14-5-7-20-8-6-14)12-16(23)21-9-10-24-15-4-2-3-13(11-15)17(18)19;2*3-2(4,5)1(6)7/h2-8,11H,9-10,12H2,1H3,(H3,18,19)(H,21,23);2*(H,6,7). The van der Waals surface area contributed by atoms with Crippen LogP contribution in [0.3, 0.4) is 0 Å². The number of carbonyl (C=O) groups is 3. The van der Waals surface area contributed by atoms with Crippen molar-refractivity contribution in [3.8, 4) is 5.75 Å². The molecule has 0 saturated heterocycles. The van der Waals surface area contributed by atoms with Crippen LogP contribution in [0, 0.1) is 5.41 Å². The summed E-state index contributed by atoms with van der Waals surface area (Å²) in [5.41, 5.74) is 6.97. The average molecular weight is 555 g/mol. The first kappa shape index (κ1) is 33.4. The van der Waals surface area contributed by atoms with Gasteiger partial charge in [0.1, 0.15) is 18.2 Å². The van der Waals surface area contributed by atoms with E-state index in [-0.39, 0.29) is 18.3 Å². The van der Waals surface area contributed by atoms with Crippen molar-refractivity contribution >= 4 is 29.4 Å². The highest BCUT2D eigenvalue weighted by Crippen LogP contribution is 2.14. The van der Waals surface area contributed by atoms with Gasteiger partial charge in [0, 0.05) is 30.7 Å². The Morgan fingerprint density at radius 2 is 1.53 bits per heavy atom. The molecule has 11 nitrogen and oxygen atoms in total. The second-order valence-electron chi connectivity index (χ2n) is 6.81. The van der Waals surface area contributed by atoms with Crippen molar-refractivity contribution in [1.82, 2.24) is 10.3 Å². The fourth-order valence-electron chi connectivity index (χ4n) is 2.07. The molecule has 0 spiro atoms. The number of carbonyl (C=O) groups excluding carboxylic acids is 1. The van der Waals surface area contributed by atoms with Gasteiger partial charge in [-0.25, -0.2) is 9.59 Å². The van der Waals surface area contributed by atoms with Gasteiger partial charge in [-0.3, -0.25) is 15.2 Å². The Hall–Kier alpha value is -4.57. The number of halogens is 6. The van der Waals surface area contributed by atoms with E-state index in [0.717, 1.165) is 5.69 Å². The molecule has 0 fully saturated rings. The molecule has 0 aliphatic heterocycles. The number of nitrogens with two attached hydrogens (primary N) is 1. The summed E-state index contributed by atoms with van der Waals surface area (Å²) in [5, 5.41) is 24.4. The van der Waals surface area contributed by atoms with Crippen LogP contribution in [0.1, 0.15) is 5.56 Å². The second kappa shape index (κ2) is 15.5. The molecule has 1 amide bonds. The van der Waals surface area contributed by atoms with Gasteiger partial charge in [0.05, 0.1) is 13.1 Å². The van der Waals surface area contributed by atoms with Crippen molar-refractivity contribution in [2.24, 2.45) is 5.73 Å². The molecule has 0 aliphatic carbocycles. The van der Waals surface area contributed by atoms with Gasteiger partial charge < -0.3 is 30.9 Å². The van der Waals surface area contributed by atoms with E-state index in [1.165, 1.54) is 0 Å². The predicted molar refractivity (Wildman–Crippen MR) is 121 cm³/mol. The third-order valence-corrected chi connectivity index (χ3v) is 3.81. The quantitative estimate of drug-likeness (QED) is 0.141. The molecule has 38 heavy (non-hydrogen) atoms. The third-order valence-electron chi connectivity index (χ3n) is 3.81. The molecule has 1 aromatic heterocycles. The minimum absolute atomic E-state index is 0.00657. The van der Waals surface area contributed by atoms with Gasteiger partial charge in [-0.2, -0.15) is 26.3 Å². The minimum atomic E-state index is -5.08. The number of hydrogen-bond donors (Lipinski definition) is 5. The molecule has 210 valence electrons. The van der Waals surface area contributed by atoms with Crippen molar-refractivity contribution in [3.05, 3.63) is 54.4 Å². The fourth-order valence-corrected chi connectivity index (χ4v) is 2.07. The summed E-state index contributed by atoms with van der Waals surface area (Å²) in [7, 11) is 1.85. The lowest BCUT2D eigenvalue weighted by Crippen LogP contribution is -2.37. The van der Waals surface area contributed by atoms with E-state index in [2.05, 4.69) is 10.3 Å². The molecule has 0 atom stereocenters. The van der Waals surface area contributed by atoms with Crippen molar-refractivity contribution in [1.29, 1.82) is 5.41 Å². The summed E-state index contributed by atoms with van der Waals surface area (Å²) in [6, 6.07) is 10.7. The Morgan fingerprint density at radius 3 is 1.97 bits per heavy atom. The van der Waals surface area contributed by atoms with Crippen LogP contribution < -0.4 is 20.7 Å². The average Bonchev–Trinajstić information content (AvgIpc) is 2.82. The van der Waals surface area contributed by atoms with Crippen LogP contribution in [0.2, 0.25) is 0 Å². The number of nitrogens with zero attached hydrogens (tertiary/aromatic N) is 2. The van der Waals surface area contributed by atoms with Gasteiger partial charge >= 0.3 is 24.3 Å². The summed E-state index contributed by atoms with van der Waals surface area (Å²) in [4.78, 5) is 35.5. The summed E-state index contributed by atoms with van der Waals surface area (Å²) in [6.07, 6.45) is -6.79. The number of likely N-dealkylation sites (N-methyl/N-ethyl adjacent to an activating group) is 1. The van der Waals surface area contributed by atoms with E-state index in [0.29, 0.717) is 24.5 Å². The van der Waals surface area contributed by atoms with Crippen molar-refractivity contribution in [2.45, 2.75) is 12.4 Å². The fraction of sp³-hybridized carbons (Fsp3) is 0.286. The van der Waals surface area contributed by atoms with Crippen LogP contribution in [-0.2, 0) is 14.4 Å². The van der Waals surface area contributed by atoms with Crippen molar-refractivity contribution < 1.29 is 55.7 Å². The highest BCUT2D eigenvalue weighted by Gasteiger charge is 2.38. The number of alkyl halides is 6. The Labute approximate surface area is 211 Å². The number of amides is 1. The Bertz CT molecular complexity index is 1040. The summed E-state index contributed by atoms with van der Waals surface area (Å²) in [5.74, 6) is -4.99. The normalized spacial score (nSPS) is 10.5. The molecule has 0 unspecified atom stereocenters. The molecule has 0 saturated carbocycles. The van der Waals surface area contributed by atoms with Gasteiger partial charge in [-0.05, 0) is 24.3 Å². The minimum Gasteiger partial charge on any atom is -0.492 e. The molecule has 6 N–H and O–H groups in total. The Morgan fingerprint density at radius 1 is 1.03 bits per heavy atom. The van der Waals surface area contributed by atoms with E-state index in [4.69, 9.17) is 35.7 Å². The first-order valence-corrected chi connectivity index (χ1v) is 10.0. The van der Waals surface area contributed by atoms with E-state index < -0.39 is 24.3 Å². The number of carboxylic acid groups (broad SMARTS) is 2. The number of pyridine rings is 1. The van der Waals surface area contributed by atoms with Crippen LogP contribution in [0.25, 0.3) is 0 Å². The van der Waals surface area contributed by atoms with Crippen LogP contribution in [-0.4, -0.2) is 78.0 Å². The summed E-state index contributed by atoms with van der Waals surface area (Å²) >= 11 is 0. The number of benzene rings is 1. The lowest BCUT2D eigenvalue weighted by atomic mass is 10.2. The summed E-state index contributed by atoms with van der Waals surface area (Å²) < 4.78 is 69.0. The number of carboxylic acids is 2. The van der Waals surface area contributed by atoms with Crippen molar-refractivity contribution in [3.63, 3.8) is 0 Å². The number of hydrogen-bond acceptors (Lipinski definition) is 7. The number of aliphatic carboxylic acids is 2. The predicted octanol–water partition coefficient (Wildman–Crippen LogP) is 2.26. The number of aromatic nitrogens is 1. The monoisotopic (exact) mass is 555 g/mol.